The van der Waals surface area contributed by atoms with Crippen LogP contribution >= 0.6 is 11.8 Å². The van der Waals surface area contributed by atoms with Crippen molar-refractivity contribution in [2.75, 3.05) is 0 Å². The predicted octanol–water partition coefficient (Wildman–Crippen LogP) is 1.15. The van der Waals surface area contributed by atoms with Crippen molar-refractivity contribution in [2.45, 2.75) is 17.2 Å². The Balaban J connectivity index is 2.43. The fourth-order valence-electron chi connectivity index (χ4n) is 1.41. The van der Waals surface area contributed by atoms with Crippen LogP contribution < -0.4 is 5.73 Å². The first-order valence-corrected chi connectivity index (χ1v) is 5.36. The van der Waals surface area contributed by atoms with Crippen molar-refractivity contribution >= 4 is 17.6 Å². The molecule has 0 aliphatic rings. The lowest BCUT2D eigenvalue weighted by molar-refractivity contribution is 0.453. The average Bonchev–Trinajstić information content (AvgIpc) is 2.76. The highest BCUT2D eigenvalue weighted by Gasteiger charge is 2.18. The minimum absolute atomic E-state index is 0.000318. The number of aromatic nitrogens is 3. The highest BCUT2D eigenvalue weighted by Crippen LogP contribution is 2.30. The van der Waals surface area contributed by atoms with E-state index in [4.69, 9.17) is 15.6 Å². The molecule has 0 aromatic carbocycles. The SMILES string of the molecule is Cc1nn(C)c(Sc2ncco2)c1C(=N)N. The van der Waals surface area contributed by atoms with Crippen molar-refractivity contribution in [3.63, 3.8) is 0 Å². The summed E-state index contributed by atoms with van der Waals surface area (Å²) < 4.78 is 6.80. The molecule has 0 radical (unpaired) electrons. The maximum atomic E-state index is 7.52. The number of hydrogen-bond acceptors (Lipinski definition) is 5. The molecule has 0 aliphatic heterocycles. The first-order chi connectivity index (χ1) is 7.59. The molecule has 0 saturated heterocycles. The molecule has 0 amide bonds. The number of hydrogen-bond donors (Lipinski definition) is 2. The highest BCUT2D eigenvalue weighted by molar-refractivity contribution is 7.99. The molecular weight excluding hydrogens is 226 g/mol. The van der Waals surface area contributed by atoms with E-state index in [1.807, 2.05) is 6.92 Å². The minimum Gasteiger partial charge on any atom is -0.440 e. The third-order valence-electron chi connectivity index (χ3n) is 2.03. The van der Waals surface area contributed by atoms with Crippen LogP contribution in [0.25, 0.3) is 0 Å². The van der Waals surface area contributed by atoms with Crippen LogP contribution in [0.1, 0.15) is 11.3 Å². The third-order valence-corrected chi connectivity index (χ3v) is 3.07. The van der Waals surface area contributed by atoms with Gasteiger partial charge in [-0.15, -0.1) is 0 Å². The van der Waals surface area contributed by atoms with E-state index in [-0.39, 0.29) is 5.84 Å². The topological polar surface area (TPSA) is 93.7 Å². The molecule has 0 bridgehead atoms. The summed E-state index contributed by atoms with van der Waals surface area (Å²) in [6.07, 6.45) is 3.07. The van der Waals surface area contributed by atoms with Gasteiger partial charge in [0.1, 0.15) is 17.1 Å². The molecule has 0 fully saturated rings. The van der Waals surface area contributed by atoms with Crippen molar-refractivity contribution < 1.29 is 4.42 Å². The van der Waals surface area contributed by atoms with Gasteiger partial charge in [-0.05, 0) is 18.7 Å². The number of nitrogens with zero attached hydrogens (tertiary/aromatic N) is 3. The van der Waals surface area contributed by atoms with Gasteiger partial charge < -0.3 is 10.2 Å². The van der Waals surface area contributed by atoms with Crippen LogP contribution in [0.4, 0.5) is 0 Å². The zero-order valence-electron chi connectivity index (χ0n) is 8.89. The molecule has 0 unspecified atom stereocenters. The maximum Gasteiger partial charge on any atom is 0.261 e. The van der Waals surface area contributed by atoms with Gasteiger partial charge in [-0.25, -0.2) is 4.98 Å². The van der Waals surface area contributed by atoms with E-state index in [0.29, 0.717) is 10.8 Å². The summed E-state index contributed by atoms with van der Waals surface area (Å²) in [6.45, 7) is 1.82. The zero-order valence-corrected chi connectivity index (χ0v) is 9.71. The molecule has 16 heavy (non-hydrogen) atoms. The summed E-state index contributed by atoms with van der Waals surface area (Å²) in [4.78, 5) is 4.01. The summed E-state index contributed by atoms with van der Waals surface area (Å²) in [5, 5.41) is 13.0. The van der Waals surface area contributed by atoms with Gasteiger partial charge in [0.05, 0.1) is 17.5 Å². The van der Waals surface area contributed by atoms with Crippen molar-refractivity contribution in [3.8, 4) is 0 Å². The fourth-order valence-corrected chi connectivity index (χ4v) is 2.32. The van der Waals surface area contributed by atoms with E-state index in [2.05, 4.69) is 10.1 Å². The van der Waals surface area contributed by atoms with Gasteiger partial charge in [0.25, 0.3) is 5.22 Å². The van der Waals surface area contributed by atoms with Crippen LogP contribution in [0.15, 0.2) is 27.1 Å². The number of nitrogens with one attached hydrogen (secondary N) is 1. The molecule has 2 aromatic heterocycles. The van der Waals surface area contributed by atoms with E-state index in [0.717, 1.165) is 10.7 Å². The van der Waals surface area contributed by atoms with E-state index in [1.54, 1.807) is 17.9 Å². The lowest BCUT2D eigenvalue weighted by Crippen LogP contribution is -2.13. The van der Waals surface area contributed by atoms with Crippen LogP contribution in [0.3, 0.4) is 0 Å². The quantitative estimate of drug-likeness (QED) is 0.617. The number of aryl methyl sites for hydroxylation is 2. The Morgan fingerprint density at radius 3 is 2.94 bits per heavy atom. The zero-order chi connectivity index (χ0) is 11.7. The fraction of sp³-hybridized carbons (Fsp3) is 0.222. The van der Waals surface area contributed by atoms with Gasteiger partial charge in [-0.1, -0.05) is 0 Å². The Kier molecular flexibility index (Phi) is 2.69. The first kappa shape index (κ1) is 10.7. The van der Waals surface area contributed by atoms with Crippen molar-refractivity contribution in [1.29, 1.82) is 5.41 Å². The molecule has 0 saturated carbocycles. The third kappa shape index (κ3) is 1.81. The number of oxazole rings is 1. The molecule has 2 rings (SSSR count). The largest absolute Gasteiger partial charge is 0.440 e. The molecular formula is C9H11N5OS. The Hall–Kier alpha value is -1.76. The summed E-state index contributed by atoms with van der Waals surface area (Å²) in [5.74, 6) is -0.000318. The minimum atomic E-state index is -0.000318. The van der Waals surface area contributed by atoms with E-state index >= 15 is 0 Å². The normalized spacial score (nSPS) is 10.6. The van der Waals surface area contributed by atoms with Crippen LogP contribution in [-0.2, 0) is 7.05 Å². The van der Waals surface area contributed by atoms with Gasteiger partial charge in [0, 0.05) is 7.05 Å². The number of rotatable bonds is 3. The van der Waals surface area contributed by atoms with E-state index in [9.17, 15) is 0 Å². The molecule has 0 atom stereocenters. The Bertz CT molecular complexity index is 516. The second-order valence-electron chi connectivity index (χ2n) is 3.20. The van der Waals surface area contributed by atoms with Crippen LogP contribution in [0.5, 0.6) is 0 Å². The standard InChI is InChI=1S/C9H11N5OS/c1-5-6(7(10)11)8(14(2)13-5)16-9-12-3-4-15-9/h3-4H,1-2H3,(H3,10,11). The second kappa shape index (κ2) is 4.01. The summed E-state index contributed by atoms with van der Waals surface area (Å²) >= 11 is 1.30. The number of nitrogen functional groups attached to an aromatic ring is 1. The second-order valence-corrected chi connectivity index (χ2v) is 4.14. The summed E-state index contributed by atoms with van der Waals surface area (Å²) in [7, 11) is 1.80. The van der Waals surface area contributed by atoms with Crippen LogP contribution in [0, 0.1) is 12.3 Å². The van der Waals surface area contributed by atoms with E-state index < -0.39 is 0 Å². The lowest BCUT2D eigenvalue weighted by atomic mass is 10.2. The average molecular weight is 237 g/mol. The molecule has 6 nitrogen and oxygen atoms in total. The van der Waals surface area contributed by atoms with Gasteiger partial charge in [-0.2, -0.15) is 5.10 Å². The van der Waals surface area contributed by atoms with Crippen LogP contribution in [-0.4, -0.2) is 20.6 Å². The van der Waals surface area contributed by atoms with Gasteiger partial charge in [0.2, 0.25) is 0 Å². The Morgan fingerprint density at radius 2 is 2.38 bits per heavy atom. The van der Waals surface area contributed by atoms with Crippen molar-refractivity contribution in [1.82, 2.24) is 14.8 Å². The van der Waals surface area contributed by atoms with Gasteiger partial charge in [0.15, 0.2) is 0 Å². The van der Waals surface area contributed by atoms with Crippen molar-refractivity contribution in [3.05, 3.63) is 23.7 Å². The van der Waals surface area contributed by atoms with Crippen LogP contribution in [0.2, 0.25) is 0 Å². The smallest absolute Gasteiger partial charge is 0.261 e. The maximum absolute atomic E-state index is 7.52. The molecule has 0 aliphatic carbocycles. The Morgan fingerprint density at radius 1 is 1.62 bits per heavy atom. The van der Waals surface area contributed by atoms with Gasteiger partial charge in [-0.3, -0.25) is 10.1 Å². The first-order valence-electron chi connectivity index (χ1n) is 4.55. The number of amidine groups is 1. The molecule has 84 valence electrons. The highest BCUT2D eigenvalue weighted by atomic mass is 32.2. The lowest BCUT2D eigenvalue weighted by Gasteiger charge is -2.01. The Labute approximate surface area is 96.4 Å². The van der Waals surface area contributed by atoms with Crippen molar-refractivity contribution in [2.24, 2.45) is 12.8 Å². The van der Waals surface area contributed by atoms with E-state index in [1.165, 1.54) is 18.0 Å². The van der Waals surface area contributed by atoms with Gasteiger partial charge >= 0.3 is 0 Å². The molecule has 0 spiro atoms. The molecule has 3 N–H and O–H groups in total. The monoisotopic (exact) mass is 237 g/mol. The number of nitrogens with two attached hydrogens (primary N) is 1. The molecule has 7 heteroatoms. The predicted molar refractivity (Wildman–Crippen MR) is 59.6 cm³/mol. The molecule has 2 aromatic rings. The summed E-state index contributed by atoms with van der Waals surface area (Å²) in [5.41, 5.74) is 6.88. The molecule has 2 heterocycles. The summed E-state index contributed by atoms with van der Waals surface area (Å²) in [6, 6.07) is 0.